The third kappa shape index (κ3) is 4.68. The van der Waals surface area contributed by atoms with E-state index in [0.717, 1.165) is 6.07 Å². The Balaban J connectivity index is 1.56. The van der Waals surface area contributed by atoms with Crippen LogP contribution in [0.1, 0.15) is 0 Å². The molecule has 1 saturated heterocycles. The number of piperazine rings is 1. The summed E-state index contributed by atoms with van der Waals surface area (Å²) >= 11 is 0. The molecule has 1 heterocycles. The molecule has 9 heteroatoms. The molecule has 0 aromatic heterocycles. The van der Waals surface area contributed by atoms with Gasteiger partial charge in [-0.05, 0) is 30.3 Å². The summed E-state index contributed by atoms with van der Waals surface area (Å²) in [6.07, 6.45) is 0. The summed E-state index contributed by atoms with van der Waals surface area (Å²) in [5.41, 5.74) is 0.362. The molecule has 0 bridgehead atoms. The number of sulfonamides is 1. The Morgan fingerprint density at radius 3 is 2.37 bits per heavy atom. The molecule has 1 aliphatic heterocycles. The summed E-state index contributed by atoms with van der Waals surface area (Å²) in [5, 5.41) is 2.60. The van der Waals surface area contributed by atoms with Crippen molar-refractivity contribution in [3.8, 4) is 0 Å². The fourth-order valence-corrected chi connectivity index (χ4v) is 4.38. The van der Waals surface area contributed by atoms with Crippen molar-refractivity contribution in [2.75, 3.05) is 38.0 Å². The van der Waals surface area contributed by atoms with Crippen molar-refractivity contribution in [1.82, 2.24) is 9.21 Å². The van der Waals surface area contributed by atoms with Crippen LogP contribution < -0.4 is 5.32 Å². The van der Waals surface area contributed by atoms with Crippen molar-refractivity contribution < 1.29 is 22.0 Å². The molecule has 6 nitrogen and oxygen atoms in total. The Bertz CT molecular complexity index is 929. The first-order chi connectivity index (χ1) is 12.9. The first-order valence-electron chi connectivity index (χ1n) is 8.39. The van der Waals surface area contributed by atoms with Gasteiger partial charge in [0.15, 0.2) is 0 Å². The lowest BCUT2D eigenvalue weighted by atomic mass is 10.3. The number of hydrogen-bond acceptors (Lipinski definition) is 4. The van der Waals surface area contributed by atoms with Crippen LogP contribution in [0.5, 0.6) is 0 Å². The van der Waals surface area contributed by atoms with Crippen LogP contribution in [0.15, 0.2) is 53.4 Å². The van der Waals surface area contributed by atoms with E-state index >= 15 is 0 Å². The number of nitrogens with one attached hydrogen (secondary N) is 1. The molecule has 27 heavy (non-hydrogen) atoms. The molecule has 0 aliphatic carbocycles. The van der Waals surface area contributed by atoms with E-state index in [-0.39, 0.29) is 30.4 Å². The van der Waals surface area contributed by atoms with Crippen LogP contribution in [0, 0.1) is 11.6 Å². The maximum atomic E-state index is 13.8. The number of rotatable bonds is 5. The second-order valence-electron chi connectivity index (χ2n) is 6.17. The van der Waals surface area contributed by atoms with Crippen LogP contribution in [0.2, 0.25) is 0 Å². The van der Waals surface area contributed by atoms with Gasteiger partial charge in [0.05, 0.1) is 6.54 Å². The molecule has 2 aromatic rings. The predicted octanol–water partition coefficient (Wildman–Crippen LogP) is 1.91. The number of benzene rings is 2. The number of nitrogens with zero attached hydrogens (tertiary/aromatic N) is 2. The van der Waals surface area contributed by atoms with Crippen LogP contribution >= 0.6 is 0 Å². The van der Waals surface area contributed by atoms with Gasteiger partial charge in [0.2, 0.25) is 15.9 Å². The quantitative estimate of drug-likeness (QED) is 0.840. The van der Waals surface area contributed by atoms with Gasteiger partial charge in [0.25, 0.3) is 0 Å². The minimum absolute atomic E-state index is 0.0596. The molecule has 0 atom stereocenters. The van der Waals surface area contributed by atoms with Crippen molar-refractivity contribution in [2.45, 2.75) is 4.90 Å². The molecular weight excluding hydrogens is 376 g/mol. The van der Waals surface area contributed by atoms with Gasteiger partial charge in [-0.15, -0.1) is 0 Å². The molecule has 0 saturated carbocycles. The molecule has 0 unspecified atom stereocenters. The molecule has 144 valence electrons. The van der Waals surface area contributed by atoms with E-state index in [0.29, 0.717) is 18.8 Å². The van der Waals surface area contributed by atoms with E-state index in [1.165, 1.54) is 40.7 Å². The summed E-state index contributed by atoms with van der Waals surface area (Å²) in [5.74, 6) is -1.54. The number of carbonyl (C=O) groups is 1. The first-order valence-corrected chi connectivity index (χ1v) is 9.83. The van der Waals surface area contributed by atoms with Gasteiger partial charge in [-0.3, -0.25) is 9.69 Å². The van der Waals surface area contributed by atoms with Crippen LogP contribution in [0.25, 0.3) is 0 Å². The first kappa shape index (κ1) is 19.4. The van der Waals surface area contributed by atoms with Crippen LogP contribution in [0.3, 0.4) is 0 Å². The molecule has 1 fully saturated rings. The SMILES string of the molecule is O=C(CN1CCN(S(=O)(=O)c2ccccc2F)CC1)Nc1cccc(F)c1. The molecule has 0 radical (unpaired) electrons. The zero-order chi connectivity index (χ0) is 19.4. The summed E-state index contributed by atoms with van der Waals surface area (Å²) in [6, 6.07) is 10.8. The topological polar surface area (TPSA) is 69.7 Å². The highest BCUT2D eigenvalue weighted by atomic mass is 32.2. The Labute approximate surface area is 156 Å². The molecule has 1 N–H and O–H groups in total. The Hall–Kier alpha value is -2.36. The van der Waals surface area contributed by atoms with Crippen molar-refractivity contribution >= 4 is 21.6 Å². The minimum atomic E-state index is -3.91. The van der Waals surface area contributed by atoms with E-state index in [2.05, 4.69) is 5.32 Å². The number of hydrogen-bond donors (Lipinski definition) is 1. The average Bonchev–Trinajstić information content (AvgIpc) is 2.62. The Morgan fingerprint density at radius 2 is 1.70 bits per heavy atom. The molecule has 0 spiro atoms. The second kappa shape index (κ2) is 8.12. The van der Waals surface area contributed by atoms with Gasteiger partial charge >= 0.3 is 0 Å². The van der Waals surface area contributed by atoms with Gasteiger partial charge in [0.1, 0.15) is 16.5 Å². The van der Waals surface area contributed by atoms with Gasteiger partial charge in [-0.2, -0.15) is 4.31 Å². The van der Waals surface area contributed by atoms with Gasteiger partial charge in [0, 0.05) is 31.9 Å². The van der Waals surface area contributed by atoms with Crippen molar-refractivity contribution in [3.05, 3.63) is 60.2 Å². The third-order valence-electron chi connectivity index (χ3n) is 4.26. The molecular formula is C18H19F2N3O3S. The summed E-state index contributed by atoms with van der Waals surface area (Å²) in [4.78, 5) is 13.5. The largest absolute Gasteiger partial charge is 0.325 e. The van der Waals surface area contributed by atoms with Crippen LogP contribution in [0.4, 0.5) is 14.5 Å². The zero-order valence-electron chi connectivity index (χ0n) is 14.4. The maximum Gasteiger partial charge on any atom is 0.246 e. The minimum Gasteiger partial charge on any atom is -0.325 e. The second-order valence-corrected chi connectivity index (χ2v) is 8.08. The van der Waals surface area contributed by atoms with Crippen molar-refractivity contribution in [2.24, 2.45) is 0 Å². The predicted molar refractivity (Wildman–Crippen MR) is 96.6 cm³/mol. The average molecular weight is 395 g/mol. The van der Waals surface area contributed by atoms with E-state index in [1.807, 2.05) is 0 Å². The zero-order valence-corrected chi connectivity index (χ0v) is 15.3. The molecule has 1 aliphatic rings. The number of halogens is 2. The van der Waals surface area contributed by atoms with Gasteiger partial charge < -0.3 is 5.32 Å². The normalized spacial score (nSPS) is 16.2. The maximum absolute atomic E-state index is 13.8. The number of anilines is 1. The summed E-state index contributed by atoms with van der Waals surface area (Å²) in [7, 11) is -3.91. The van der Waals surface area contributed by atoms with Crippen LogP contribution in [-0.2, 0) is 14.8 Å². The number of carbonyl (C=O) groups excluding carboxylic acids is 1. The van der Waals surface area contributed by atoms with Crippen molar-refractivity contribution in [3.63, 3.8) is 0 Å². The van der Waals surface area contributed by atoms with E-state index in [9.17, 15) is 22.0 Å². The number of amides is 1. The summed E-state index contributed by atoms with van der Waals surface area (Å²) < 4.78 is 53.3. The highest BCUT2D eigenvalue weighted by Crippen LogP contribution is 2.20. The molecule has 2 aromatic carbocycles. The van der Waals surface area contributed by atoms with Gasteiger partial charge in [-0.1, -0.05) is 18.2 Å². The lowest BCUT2D eigenvalue weighted by Crippen LogP contribution is -2.50. The van der Waals surface area contributed by atoms with E-state index in [1.54, 1.807) is 11.0 Å². The molecule has 1 amide bonds. The third-order valence-corrected chi connectivity index (χ3v) is 6.19. The van der Waals surface area contributed by atoms with E-state index in [4.69, 9.17) is 0 Å². The fraction of sp³-hybridized carbons (Fsp3) is 0.278. The standard InChI is InChI=1S/C18H19F2N3O3S/c19-14-4-3-5-15(12-14)21-18(24)13-22-8-10-23(11-9-22)27(25,26)17-7-2-1-6-16(17)20/h1-7,12H,8-11,13H2,(H,21,24). The van der Waals surface area contributed by atoms with Gasteiger partial charge in [-0.25, -0.2) is 17.2 Å². The Morgan fingerprint density at radius 1 is 1.00 bits per heavy atom. The van der Waals surface area contributed by atoms with E-state index < -0.39 is 21.7 Å². The lowest BCUT2D eigenvalue weighted by molar-refractivity contribution is -0.117. The monoisotopic (exact) mass is 395 g/mol. The lowest BCUT2D eigenvalue weighted by Gasteiger charge is -2.33. The highest BCUT2D eigenvalue weighted by Gasteiger charge is 2.30. The molecule has 3 rings (SSSR count). The Kier molecular flexibility index (Phi) is 5.83. The highest BCUT2D eigenvalue weighted by molar-refractivity contribution is 7.89. The van der Waals surface area contributed by atoms with Crippen LogP contribution in [-0.4, -0.2) is 56.3 Å². The van der Waals surface area contributed by atoms with Crippen molar-refractivity contribution in [1.29, 1.82) is 0 Å². The summed E-state index contributed by atoms with van der Waals surface area (Å²) in [6.45, 7) is 1.05. The fourth-order valence-electron chi connectivity index (χ4n) is 2.89. The smallest absolute Gasteiger partial charge is 0.246 e.